The summed E-state index contributed by atoms with van der Waals surface area (Å²) < 4.78 is 2.05. The summed E-state index contributed by atoms with van der Waals surface area (Å²) >= 11 is 0. The monoisotopic (exact) mass is 395 g/mol. The van der Waals surface area contributed by atoms with Crippen LogP contribution in [0, 0.1) is 5.92 Å². The maximum Gasteiger partial charge on any atom is 0.272 e. The molecule has 1 amide bonds. The van der Waals surface area contributed by atoms with Crippen LogP contribution in [0.15, 0.2) is 79.5 Å². The molecule has 1 aliphatic carbocycles. The number of carbonyl (C=O) groups excluding carboxylic acids is 1. The number of nitrogens with one attached hydrogen (secondary N) is 1. The molecule has 1 aromatic carbocycles. The van der Waals surface area contributed by atoms with Gasteiger partial charge in [0.25, 0.3) is 5.91 Å². The lowest BCUT2D eigenvalue weighted by atomic mass is 10.1. The van der Waals surface area contributed by atoms with E-state index in [1.807, 2.05) is 65.6 Å². The van der Waals surface area contributed by atoms with Crippen molar-refractivity contribution in [2.75, 3.05) is 5.32 Å². The fourth-order valence-electron chi connectivity index (χ4n) is 3.43. The molecule has 6 heteroatoms. The second-order valence-electron chi connectivity index (χ2n) is 7.57. The van der Waals surface area contributed by atoms with Crippen molar-refractivity contribution in [1.82, 2.24) is 19.5 Å². The minimum atomic E-state index is -0.142. The van der Waals surface area contributed by atoms with E-state index in [9.17, 15) is 4.79 Å². The van der Waals surface area contributed by atoms with Crippen molar-refractivity contribution in [1.29, 1.82) is 0 Å². The summed E-state index contributed by atoms with van der Waals surface area (Å²) in [7, 11) is 0. The van der Waals surface area contributed by atoms with Gasteiger partial charge in [0.2, 0.25) is 0 Å². The SMILES string of the molecule is O=C(Nc1cccnc1)c1cc(-c2cnc(-c3ccccc3)nc2)cn1CC1CC1. The minimum Gasteiger partial charge on any atom is -0.343 e. The number of rotatable bonds is 6. The highest BCUT2D eigenvalue weighted by Gasteiger charge is 2.24. The van der Waals surface area contributed by atoms with Crippen LogP contribution in [0.2, 0.25) is 0 Å². The largest absolute Gasteiger partial charge is 0.343 e. The lowest BCUT2D eigenvalue weighted by molar-refractivity contribution is 0.101. The summed E-state index contributed by atoms with van der Waals surface area (Å²) in [6, 6.07) is 15.4. The van der Waals surface area contributed by atoms with Gasteiger partial charge in [0, 0.05) is 48.0 Å². The van der Waals surface area contributed by atoms with Gasteiger partial charge in [0.1, 0.15) is 5.69 Å². The summed E-state index contributed by atoms with van der Waals surface area (Å²) in [6.45, 7) is 0.846. The fourth-order valence-corrected chi connectivity index (χ4v) is 3.43. The van der Waals surface area contributed by atoms with Gasteiger partial charge in [-0.1, -0.05) is 30.3 Å². The molecular formula is C24H21N5O. The molecule has 0 radical (unpaired) electrons. The molecule has 3 aromatic heterocycles. The van der Waals surface area contributed by atoms with Crippen molar-refractivity contribution in [3.05, 3.63) is 85.2 Å². The van der Waals surface area contributed by atoms with Crippen molar-refractivity contribution in [2.45, 2.75) is 19.4 Å². The predicted octanol–water partition coefficient (Wildman–Crippen LogP) is 4.67. The Morgan fingerprint density at radius 3 is 2.47 bits per heavy atom. The maximum absolute atomic E-state index is 12.9. The first-order chi connectivity index (χ1) is 14.8. The van der Waals surface area contributed by atoms with E-state index in [1.165, 1.54) is 12.8 Å². The van der Waals surface area contributed by atoms with E-state index in [-0.39, 0.29) is 5.91 Å². The van der Waals surface area contributed by atoms with Crippen LogP contribution in [0.4, 0.5) is 5.69 Å². The molecule has 1 N–H and O–H groups in total. The summed E-state index contributed by atoms with van der Waals surface area (Å²) in [5, 5.41) is 2.93. The molecule has 3 heterocycles. The molecule has 0 unspecified atom stereocenters. The molecule has 148 valence electrons. The molecule has 0 saturated heterocycles. The summed E-state index contributed by atoms with van der Waals surface area (Å²) in [5.41, 5.74) is 4.12. The molecule has 6 nitrogen and oxygen atoms in total. The van der Waals surface area contributed by atoms with Crippen LogP contribution >= 0.6 is 0 Å². The second kappa shape index (κ2) is 7.91. The molecule has 0 atom stereocenters. The molecule has 1 fully saturated rings. The standard InChI is InChI=1S/C24H21N5O/c30-24(28-21-7-4-10-25-14-21)22-11-19(16-29(22)15-17-8-9-17)20-12-26-23(27-13-20)18-5-2-1-3-6-18/h1-7,10-14,16-17H,8-9,15H2,(H,28,30). The van der Waals surface area contributed by atoms with Gasteiger partial charge in [-0.15, -0.1) is 0 Å². The average molecular weight is 395 g/mol. The van der Waals surface area contributed by atoms with Crippen LogP contribution in [0.1, 0.15) is 23.3 Å². The van der Waals surface area contributed by atoms with E-state index in [0.29, 0.717) is 23.1 Å². The Morgan fingerprint density at radius 1 is 0.967 bits per heavy atom. The van der Waals surface area contributed by atoms with Gasteiger partial charge >= 0.3 is 0 Å². The van der Waals surface area contributed by atoms with Crippen LogP contribution in [0.25, 0.3) is 22.5 Å². The predicted molar refractivity (Wildman–Crippen MR) is 116 cm³/mol. The Balaban J connectivity index is 1.43. The van der Waals surface area contributed by atoms with E-state index < -0.39 is 0 Å². The summed E-state index contributed by atoms with van der Waals surface area (Å²) in [4.78, 5) is 26.0. The van der Waals surface area contributed by atoms with Gasteiger partial charge in [0.05, 0.1) is 11.9 Å². The van der Waals surface area contributed by atoms with Crippen molar-refractivity contribution in [3.63, 3.8) is 0 Å². The maximum atomic E-state index is 12.9. The van der Waals surface area contributed by atoms with Crippen molar-refractivity contribution in [2.24, 2.45) is 5.92 Å². The molecular weight excluding hydrogens is 374 g/mol. The molecule has 0 bridgehead atoms. The Bertz CT molecular complexity index is 1150. The van der Waals surface area contributed by atoms with E-state index in [2.05, 4.69) is 20.3 Å². The van der Waals surface area contributed by atoms with Gasteiger partial charge < -0.3 is 9.88 Å². The fraction of sp³-hybridized carbons (Fsp3) is 0.167. The highest BCUT2D eigenvalue weighted by atomic mass is 16.1. The number of nitrogens with zero attached hydrogens (tertiary/aromatic N) is 4. The molecule has 30 heavy (non-hydrogen) atoms. The molecule has 4 aromatic rings. The molecule has 0 aliphatic heterocycles. The summed E-state index contributed by atoms with van der Waals surface area (Å²) in [6.07, 6.45) is 11.4. The molecule has 5 rings (SSSR count). The lowest BCUT2D eigenvalue weighted by Gasteiger charge is -2.08. The van der Waals surface area contributed by atoms with E-state index in [1.54, 1.807) is 18.5 Å². The summed E-state index contributed by atoms with van der Waals surface area (Å²) in [5.74, 6) is 1.19. The Morgan fingerprint density at radius 2 is 1.77 bits per heavy atom. The number of hydrogen-bond donors (Lipinski definition) is 1. The van der Waals surface area contributed by atoms with Crippen molar-refractivity contribution in [3.8, 4) is 22.5 Å². The first kappa shape index (κ1) is 18.2. The third-order valence-electron chi connectivity index (χ3n) is 5.22. The Kier molecular flexibility index (Phi) is 4.81. The molecule has 1 saturated carbocycles. The van der Waals surface area contributed by atoms with Crippen molar-refractivity contribution >= 4 is 11.6 Å². The van der Waals surface area contributed by atoms with Gasteiger partial charge in [0.15, 0.2) is 5.82 Å². The smallest absolute Gasteiger partial charge is 0.272 e. The zero-order valence-electron chi connectivity index (χ0n) is 16.4. The number of anilines is 1. The Labute approximate surface area is 174 Å². The third-order valence-corrected chi connectivity index (χ3v) is 5.22. The third kappa shape index (κ3) is 3.98. The topological polar surface area (TPSA) is 72.7 Å². The van der Waals surface area contributed by atoms with Crippen molar-refractivity contribution < 1.29 is 4.79 Å². The number of hydrogen-bond acceptors (Lipinski definition) is 4. The first-order valence-electron chi connectivity index (χ1n) is 10.1. The van der Waals surface area contributed by atoms with E-state index in [0.717, 1.165) is 23.2 Å². The number of carbonyl (C=O) groups is 1. The van der Waals surface area contributed by atoms with Crippen LogP contribution in [-0.4, -0.2) is 25.4 Å². The highest BCUT2D eigenvalue weighted by molar-refractivity contribution is 6.04. The zero-order valence-corrected chi connectivity index (χ0v) is 16.4. The minimum absolute atomic E-state index is 0.142. The number of amides is 1. The van der Waals surface area contributed by atoms with Crippen LogP contribution in [0.5, 0.6) is 0 Å². The second-order valence-corrected chi connectivity index (χ2v) is 7.57. The van der Waals surface area contributed by atoms with Gasteiger partial charge in [-0.2, -0.15) is 0 Å². The quantitative estimate of drug-likeness (QED) is 0.515. The number of pyridine rings is 1. The first-order valence-corrected chi connectivity index (χ1v) is 10.1. The Hall–Kier alpha value is -3.80. The highest BCUT2D eigenvalue weighted by Crippen LogP contribution is 2.32. The average Bonchev–Trinajstić information content (AvgIpc) is 3.51. The van der Waals surface area contributed by atoms with E-state index in [4.69, 9.17) is 0 Å². The lowest BCUT2D eigenvalue weighted by Crippen LogP contribution is -2.17. The zero-order chi connectivity index (χ0) is 20.3. The van der Waals surface area contributed by atoms with Gasteiger partial charge in [-0.25, -0.2) is 9.97 Å². The molecule has 0 spiro atoms. The van der Waals surface area contributed by atoms with Crippen LogP contribution < -0.4 is 5.32 Å². The van der Waals surface area contributed by atoms with Crippen LogP contribution in [-0.2, 0) is 6.54 Å². The normalized spacial score (nSPS) is 13.2. The van der Waals surface area contributed by atoms with Crippen LogP contribution in [0.3, 0.4) is 0 Å². The van der Waals surface area contributed by atoms with Gasteiger partial charge in [-0.05, 0) is 37.0 Å². The number of aromatic nitrogens is 4. The molecule has 1 aliphatic rings. The van der Waals surface area contributed by atoms with E-state index >= 15 is 0 Å². The van der Waals surface area contributed by atoms with Gasteiger partial charge in [-0.3, -0.25) is 9.78 Å². The number of benzene rings is 1.